The smallest absolute Gasteiger partial charge is 0.253 e. The largest absolute Gasteiger partial charge is 0.358 e. The van der Waals surface area contributed by atoms with Gasteiger partial charge in [0.05, 0.1) is 0 Å². The number of aromatic amines is 1. The topological polar surface area (TPSA) is 36.1 Å². The van der Waals surface area contributed by atoms with E-state index in [0.29, 0.717) is 0 Å². The number of hydrogen-bond donors (Lipinski definition) is 1. The summed E-state index contributed by atoms with van der Waals surface area (Å²) in [5.74, 6) is 0.952. The maximum atomic E-state index is 12.7. The third-order valence-electron chi connectivity index (χ3n) is 5.32. The minimum absolute atomic E-state index is 0.209. The Hall–Kier alpha value is -1.77. The van der Waals surface area contributed by atoms with Crippen LogP contribution in [0.2, 0.25) is 0 Å². The fraction of sp³-hybridized carbons (Fsp3) is 0.526. The van der Waals surface area contributed by atoms with Crippen LogP contribution in [0.3, 0.4) is 0 Å². The van der Waals surface area contributed by atoms with Crippen LogP contribution in [0.15, 0.2) is 18.2 Å². The quantitative estimate of drug-likeness (QED) is 0.850. The highest BCUT2D eigenvalue weighted by atomic mass is 16.2. The Morgan fingerprint density at radius 2 is 2.05 bits per heavy atom. The van der Waals surface area contributed by atoms with Gasteiger partial charge in [-0.2, -0.15) is 0 Å². The lowest BCUT2D eigenvalue weighted by atomic mass is 9.87. The Balaban J connectivity index is 1.70. The Bertz CT molecular complexity index is 710. The Morgan fingerprint density at radius 3 is 2.86 bits per heavy atom. The number of H-pyrrole nitrogens is 1. The highest BCUT2D eigenvalue weighted by Crippen LogP contribution is 2.32. The predicted octanol–water partition coefficient (Wildman–Crippen LogP) is 3.92. The molecule has 1 N–H and O–H groups in total. The van der Waals surface area contributed by atoms with Crippen molar-refractivity contribution in [2.75, 3.05) is 13.1 Å². The molecular formula is C19H24N2O. The lowest BCUT2D eigenvalue weighted by molar-refractivity contribution is 0.0724. The van der Waals surface area contributed by atoms with E-state index in [0.717, 1.165) is 50.3 Å². The summed E-state index contributed by atoms with van der Waals surface area (Å²) < 4.78 is 0. The first-order valence-electron chi connectivity index (χ1n) is 8.65. The molecule has 1 atom stereocenters. The van der Waals surface area contributed by atoms with Gasteiger partial charge in [0.1, 0.15) is 0 Å². The second kappa shape index (κ2) is 5.45. The van der Waals surface area contributed by atoms with Gasteiger partial charge in [0.25, 0.3) is 5.91 Å². The number of aryl methyl sites for hydroxylation is 1. The van der Waals surface area contributed by atoms with Crippen LogP contribution in [-0.2, 0) is 12.8 Å². The monoisotopic (exact) mass is 296 g/mol. The third-order valence-corrected chi connectivity index (χ3v) is 5.32. The van der Waals surface area contributed by atoms with Gasteiger partial charge in [-0.25, -0.2) is 0 Å². The number of hydrogen-bond acceptors (Lipinski definition) is 1. The van der Waals surface area contributed by atoms with Crippen LogP contribution in [0.5, 0.6) is 0 Å². The standard InChI is InChI=1S/C19H24N2O/c1-13-5-7-17-15(11-13)16-12-14(6-8-18(16)20-17)19(22)21-9-3-2-4-10-21/h6,8,12-13,20H,2-5,7,9-11H2,1H3/t13-/m0/s1. The molecule has 1 aromatic heterocycles. The Labute approximate surface area is 131 Å². The third kappa shape index (κ3) is 2.33. The lowest BCUT2D eigenvalue weighted by Crippen LogP contribution is -2.35. The van der Waals surface area contributed by atoms with E-state index in [-0.39, 0.29) is 5.91 Å². The van der Waals surface area contributed by atoms with Crippen molar-refractivity contribution in [2.45, 2.75) is 45.4 Å². The summed E-state index contributed by atoms with van der Waals surface area (Å²) in [6, 6.07) is 6.21. The first kappa shape index (κ1) is 13.9. The van der Waals surface area contributed by atoms with Gasteiger partial charge < -0.3 is 9.88 Å². The van der Waals surface area contributed by atoms with Crippen LogP contribution in [0.25, 0.3) is 10.9 Å². The number of fused-ring (bicyclic) bond motifs is 3. The summed E-state index contributed by atoms with van der Waals surface area (Å²) in [5.41, 5.74) is 4.88. The summed E-state index contributed by atoms with van der Waals surface area (Å²) in [6.07, 6.45) is 7.08. The number of carbonyl (C=O) groups excluding carboxylic acids is 1. The SMILES string of the molecule is C[C@H]1CCc2[nH]c3ccc(C(=O)N4CCCCC4)cc3c2C1. The van der Waals surface area contributed by atoms with E-state index in [9.17, 15) is 4.79 Å². The van der Waals surface area contributed by atoms with Crippen molar-refractivity contribution >= 4 is 16.8 Å². The number of nitrogens with one attached hydrogen (secondary N) is 1. The molecular weight excluding hydrogens is 272 g/mol. The number of benzene rings is 1. The van der Waals surface area contributed by atoms with Crippen molar-refractivity contribution < 1.29 is 4.79 Å². The van der Waals surface area contributed by atoms with Gasteiger partial charge in [0.15, 0.2) is 0 Å². The normalized spacial score (nSPS) is 21.9. The Morgan fingerprint density at radius 1 is 1.23 bits per heavy atom. The predicted molar refractivity (Wildman–Crippen MR) is 89.2 cm³/mol. The minimum Gasteiger partial charge on any atom is -0.358 e. The molecule has 0 unspecified atom stereocenters. The second-order valence-electron chi connectivity index (χ2n) is 7.04. The maximum Gasteiger partial charge on any atom is 0.253 e. The number of amides is 1. The molecule has 3 nitrogen and oxygen atoms in total. The second-order valence-corrected chi connectivity index (χ2v) is 7.04. The van der Waals surface area contributed by atoms with E-state index in [1.807, 2.05) is 11.0 Å². The zero-order valence-electron chi connectivity index (χ0n) is 13.3. The molecule has 2 aliphatic rings. The molecule has 1 saturated heterocycles. The molecule has 0 spiro atoms. The highest BCUT2D eigenvalue weighted by molar-refractivity contribution is 5.99. The molecule has 1 amide bonds. The van der Waals surface area contributed by atoms with Crippen molar-refractivity contribution in [1.29, 1.82) is 0 Å². The molecule has 3 heteroatoms. The minimum atomic E-state index is 0.209. The molecule has 1 aromatic carbocycles. The maximum absolute atomic E-state index is 12.7. The number of carbonyl (C=O) groups is 1. The number of likely N-dealkylation sites (tertiary alicyclic amines) is 1. The van der Waals surface area contributed by atoms with Gasteiger partial charge in [-0.1, -0.05) is 6.92 Å². The summed E-state index contributed by atoms with van der Waals surface area (Å²) in [4.78, 5) is 18.3. The summed E-state index contributed by atoms with van der Waals surface area (Å²) in [7, 11) is 0. The number of rotatable bonds is 1. The summed E-state index contributed by atoms with van der Waals surface area (Å²) in [6.45, 7) is 4.16. The van der Waals surface area contributed by atoms with Gasteiger partial charge in [-0.15, -0.1) is 0 Å². The van der Waals surface area contributed by atoms with E-state index < -0.39 is 0 Å². The fourth-order valence-electron chi connectivity index (χ4n) is 4.00. The van der Waals surface area contributed by atoms with Gasteiger partial charge in [-0.3, -0.25) is 4.79 Å². The highest BCUT2D eigenvalue weighted by Gasteiger charge is 2.22. The number of nitrogens with zero attached hydrogens (tertiary/aromatic N) is 1. The first-order chi connectivity index (χ1) is 10.7. The average Bonchev–Trinajstić information content (AvgIpc) is 2.92. The van der Waals surface area contributed by atoms with Crippen LogP contribution < -0.4 is 0 Å². The van der Waals surface area contributed by atoms with Crippen molar-refractivity contribution in [3.8, 4) is 0 Å². The molecule has 2 heterocycles. The molecule has 0 radical (unpaired) electrons. The van der Waals surface area contributed by atoms with E-state index in [1.165, 1.54) is 35.0 Å². The first-order valence-corrected chi connectivity index (χ1v) is 8.65. The molecule has 0 bridgehead atoms. The van der Waals surface area contributed by atoms with Crippen molar-refractivity contribution in [2.24, 2.45) is 5.92 Å². The van der Waals surface area contributed by atoms with E-state index in [2.05, 4.69) is 24.0 Å². The molecule has 2 aromatic rings. The average molecular weight is 296 g/mol. The summed E-state index contributed by atoms with van der Waals surface area (Å²) >= 11 is 0. The van der Waals surface area contributed by atoms with Crippen LogP contribution in [0, 0.1) is 5.92 Å². The molecule has 1 fully saturated rings. The number of piperidine rings is 1. The van der Waals surface area contributed by atoms with Crippen molar-refractivity contribution in [3.63, 3.8) is 0 Å². The van der Waals surface area contributed by atoms with Gasteiger partial charge in [0, 0.05) is 35.2 Å². The van der Waals surface area contributed by atoms with Gasteiger partial charge in [0.2, 0.25) is 0 Å². The Kier molecular flexibility index (Phi) is 3.44. The fourth-order valence-corrected chi connectivity index (χ4v) is 4.00. The van der Waals surface area contributed by atoms with Crippen LogP contribution in [-0.4, -0.2) is 28.9 Å². The van der Waals surface area contributed by atoms with Crippen LogP contribution in [0.1, 0.15) is 54.2 Å². The molecule has 1 aliphatic carbocycles. The van der Waals surface area contributed by atoms with Crippen molar-refractivity contribution in [3.05, 3.63) is 35.0 Å². The van der Waals surface area contributed by atoms with Gasteiger partial charge >= 0.3 is 0 Å². The van der Waals surface area contributed by atoms with Crippen LogP contribution >= 0.6 is 0 Å². The lowest BCUT2D eigenvalue weighted by Gasteiger charge is -2.26. The molecule has 1 aliphatic heterocycles. The van der Waals surface area contributed by atoms with E-state index in [4.69, 9.17) is 0 Å². The van der Waals surface area contributed by atoms with E-state index in [1.54, 1.807) is 0 Å². The summed E-state index contributed by atoms with van der Waals surface area (Å²) in [5, 5.41) is 1.27. The van der Waals surface area contributed by atoms with E-state index >= 15 is 0 Å². The van der Waals surface area contributed by atoms with Crippen molar-refractivity contribution in [1.82, 2.24) is 9.88 Å². The molecule has 22 heavy (non-hydrogen) atoms. The zero-order chi connectivity index (χ0) is 15.1. The molecule has 0 saturated carbocycles. The number of aromatic nitrogens is 1. The molecule has 4 rings (SSSR count). The zero-order valence-corrected chi connectivity index (χ0v) is 13.3. The van der Waals surface area contributed by atoms with Gasteiger partial charge in [-0.05, 0) is 68.2 Å². The molecule has 116 valence electrons. The van der Waals surface area contributed by atoms with Crippen LogP contribution in [0.4, 0.5) is 0 Å².